The number of carbonyl (C=O) groups is 2. The lowest BCUT2D eigenvalue weighted by atomic mass is 9.73. The lowest BCUT2D eigenvalue weighted by Crippen LogP contribution is -2.54. The van der Waals surface area contributed by atoms with Crippen LogP contribution in [0.15, 0.2) is 0 Å². The summed E-state index contributed by atoms with van der Waals surface area (Å²) in [7, 11) is 0. The zero-order valence-electron chi connectivity index (χ0n) is 12.4. The van der Waals surface area contributed by atoms with Crippen LogP contribution in [0, 0.1) is 11.8 Å². The topological polar surface area (TPSA) is 46.6 Å². The highest BCUT2D eigenvalue weighted by Crippen LogP contribution is 2.36. The van der Waals surface area contributed by atoms with Gasteiger partial charge < -0.3 is 9.64 Å². The molecule has 1 saturated carbocycles. The molecule has 0 bridgehead atoms. The van der Waals surface area contributed by atoms with E-state index >= 15 is 0 Å². The van der Waals surface area contributed by atoms with Crippen LogP contribution < -0.4 is 0 Å². The fraction of sp³-hybridized carbons (Fsp3) is 0.867. The molecule has 1 amide bonds. The van der Waals surface area contributed by atoms with E-state index in [9.17, 15) is 9.59 Å². The fourth-order valence-electron chi connectivity index (χ4n) is 3.26. The van der Waals surface area contributed by atoms with Crippen molar-refractivity contribution >= 4 is 11.9 Å². The van der Waals surface area contributed by atoms with Gasteiger partial charge in [-0.25, -0.2) is 4.79 Å². The lowest BCUT2D eigenvalue weighted by Gasteiger charge is -2.44. The van der Waals surface area contributed by atoms with Crippen LogP contribution in [0.5, 0.6) is 0 Å². The zero-order valence-corrected chi connectivity index (χ0v) is 12.4. The summed E-state index contributed by atoms with van der Waals surface area (Å²) in [5.74, 6) is 0.742. The summed E-state index contributed by atoms with van der Waals surface area (Å²) in [6, 6.07) is 0.0554. The van der Waals surface area contributed by atoms with Crippen LogP contribution in [-0.2, 0) is 9.53 Å². The van der Waals surface area contributed by atoms with Gasteiger partial charge >= 0.3 is 6.09 Å². The number of carbonyl (C=O) groups excluding carboxylic acids is 2. The smallest absolute Gasteiger partial charge is 0.410 e. The number of fused-ring (bicyclic) bond motifs is 1. The van der Waals surface area contributed by atoms with Gasteiger partial charge in [0.25, 0.3) is 0 Å². The van der Waals surface area contributed by atoms with Crippen LogP contribution in [0.25, 0.3) is 0 Å². The third-order valence-corrected chi connectivity index (χ3v) is 4.01. The largest absolute Gasteiger partial charge is 0.444 e. The van der Waals surface area contributed by atoms with Crippen molar-refractivity contribution in [1.29, 1.82) is 0 Å². The van der Waals surface area contributed by atoms with E-state index in [0.717, 1.165) is 25.8 Å². The molecule has 0 aromatic rings. The summed E-state index contributed by atoms with van der Waals surface area (Å²) in [6.07, 6.45) is 3.17. The van der Waals surface area contributed by atoms with Crippen molar-refractivity contribution in [2.24, 2.45) is 11.8 Å². The molecule has 0 unspecified atom stereocenters. The summed E-state index contributed by atoms with van der Waals surface area (Å²) in [5, 5.41) is 0. The van der Waals surface area contributed by atoms with Gasteiger partial charge in [-0.1, -0.05) is 6.92 Å². The Hall–Kier alpha value is -1.06. The standard InChI is InChI=1S/C15H25NO3/c1-10-8-12-11(13(17)9-10)6-5-7-16(12)14(18)19-15(2,3)4/h10-12H,5-9H2,1-4H3/t10-,11-,12-/m0/s1. The number of ketones is 1. The minimum absolute atomic E-state index is 0.0393. The number of amides is 1. The van der Waals surface area contributed by atoms with E-state index in [0.29, 0.717) is 18.1 Å². The monoisotopic (exact) mass is 267 g/mol. The molecule has 4 heteroatoms. The maximum atomic E-state index is 12.3. The van der Waals surface area contributed by atoms with E-state index in [-0.39, 0.29) is 18.1 Å². The van der Waals surface area contributed by atoms with Gasteiger partial charge in [-0.15, -0.1) is 0 Å². The van der Waals surface area contributed by atoms with Gasteiger partial charge in [0.05, 0.1) is 0 Å². The number of hydrogen-bond donors (Lipinski definition) is 0. The second-order valence-electron chi connectivity index (χ2n) is 7.00. The van der Waals surface area contributed by atoms with Gasteiger partial charge in [0.1, 0.15) is 11.4 Å². The van der Waals surface area contributed by atoms with Gasteiger partial charge in [-0.2, -0.15) is 0 Å². The SMILES string of the molecule is C[C@@H]1CC(=O)[C@H]2CCCN(C(=O)OC(C)(C)C)[C@H]2C1. The van der Waals surface area contributed by atoms with E-state index in [2.05, 4.69) is 6.92 Å². The molecule has 1 saturated heterocycles. The van der Waals surface area contributed by atoms with Gasteiger partial charge in [0.15, 0.2) is 0 Å². The van der Waals surface area contributed by atoms with Crippen molar-refractivity contribution in [1.82, 2.24) is 4.90 Å². The highest BCUT2D eigenvalue weighted by atomic mass is 16.6. The minimum atomic E-state index is -0.478. The van der Waals surface area contributed by atoms with Crippen LogP contribution in [0.4, 0.5) is 4.79 Å². The van der Waals surface area contributed by atoms with E-state index < -0.39 is 5.60 Å². The number of rotatable bonds is 0. The van der Waals surface area contributed by atoms with Gasteiger partial charge in [-0.3, -0.25) is 4.79 Å². The maximum Gasteiger partial charge on any atom is 0.410 e. The van der Waals surface area contributed by atoms with Crippen molar-refractivity contribution in [3.63, 3.8) is 0 Å². The van der Waals surface area contributed by atoms with Crippen molar-refractivity contribution < 1.29 is 14.3 Å². The van der Waals surface area contributed by atoms with Crippen LogP contribution in [0.3, 0.4) is 0 Å². The molecule has 19 heavy (non-hydrogen) atoms. The Kier molecular flexibility index (Phi) is 3.88. The molecule has 2 aliphatic rings. The van der Waals surface area contributed by atoms with Crippen LogP contribution in [-0.4, -0.2) is 35.0 Å². The predicted molar refractivity (Wildman–Crippen MR) is 72.9 cm³/mol. The third-order valence-electron chi connectivity index (χ3n) is 4.01. The second-order valence-corrected chi connectivity index (χ2v) is 7.00. The first kappa shape index (κ1) is 14.4. The normalized spacial score (nSPS) is 31.9. The van der Waals surface area contributed by atoms with E-state index in [4.69, 9.17) is 4.74 Å². The first-order valence-corrected chi connectivity index (χ1v) is 7.30. The Bertz CT molecular complexity index is 372. The molecule has 2 fully saturated rings. The van der Waals surface area contributed by atoms with E-state index in [1.807, 2.05) is 20.8 Å². The summed E-state index contributed by atoms with van der Waals surface area (Å²) in [5.41, 5.74) is -0.478. The molecule has 1 aliphatic carbocycles. The number of ether oxygens (including phenoxy) is 1. The summed E-state index contributed by atoms with van der Waals surface area (Å²) < 4.78 is 5.47. The minimum Gasteiger partial charge on any atom is -0.444 e. The zero-order chi connectivity index (χ0) is 14.2. The van der Waals surface area contributed by atoms with E-state index in [1.165, 1.54) is 0 Å². The Morgan fingerprint density at radius 2 is 2.05 bits per heavy atom. The summed E-state index contributed by atoms with van der Waals surface area (Å²) in [6.45, 7) is 8.44. The maximum absolute atomic E-state index is 12.3. The molecule has 4 nitrogen and oxygen atoms in total. The van der Waals surface area contributed by atoms with Crippen molar-refractivity contribution in [2.45, 2.75) is 65.0 Å². The highest BCUT2D eigenvalue weighted by Gasteiger charge is 2.43. The summed E-state index contributed by atoms with van der Waals surface area (Å²) in [4.78, 5) is 26.2. The molecule has 0 aromatic heterocycles. The molecule has 2 rings (SSSR count). The first-order valence-electron chi connectivity index (χ1n) is 7.30. The first-order chi connectivity index (χ1) is 8.78. The quantitative estimate of drug-likeness (QED) is 0.678. The predicted octanol–water partition coefficient (Wildman–Crippen LogP) is 3.00. The average Bonchev–Trinajstić information content (AvgIpc) is 2.25. The Morgan fingerprint density at radius 3 is 2.68 bits per heavy atom. The molecule has 0 aromatic carbocycles. The third kappa shape index (κ3) is 3.28. The molecule has 0 N–H and O–H groups in total. The molecule has 0 spiro atoms. The highest BCUT2D eigenvalue weighted by molar-refractivity contribution is 5.84. The van der Waals surface area contributed by atoms with Crippen molar-refractivity contribution in [3.8, 4) is 0 Å². The molecule has 1 heterocycles. The Morgan fingerprint density at radius 1 is 1.37 bits per heavy atom. The lowest BCUT2D eigenvalue weighted by molar-refractivity contribution is -0.130. The average molecular weight is 267 g/mol. The summed E-state index contributed by atoms with van der Waals surface area (Å²) >= 11 is 0. The molecule has 108 valence electrons. The molecule has 3 atom stereocenters. The van der Waals surface area contributed by atoms with Crippen LogP contribution >= 0.6 is 0 Å². The van der Waals surface area contributed by atoms with Crippen LogP contribution in [0.1, 0.15) is 53.4 Å². The Labute approximate surface area is 115 Å². The van der Waals surface area contributed by atoms with Crippen molar-refractivity contribution in [3.05, 3.63) is 0 Å². The number of hydrogen-bond acceptors (Lipinski definition) is 3. The van der Waals surface area contributed by atoms with Crippen LogP contribution in [0.2, 0.25) is 0 Å². The van der Waals surface area contributed by atoms with Gasteiger partial charge in [-0.05, 0) is 46.0 Å². The molecular weight excluding hydrogens is 242 g/mol. The van der Waals surface area contributed by atoms with Crippen molar-refractivity contribution in [2.75, 3.05) is 6.54 Å². The molecule has 1 aliphatic heterocycles. The number of likely N-dealkylation sites (tertiary alicyclic amines) is 1. The number of Topliss-reactive ketones (excluding diaryl/α,β-unsaturated/α-hetero) is 1. The van der Waals surface area contributed by atoms with Gasteiger partial charge in [0, 0.05) is 24.9 Å². The number of piperidine rings is 1. The number of nitrogens with zero attached hydrogens (tertiary/aromatic N) is 1. The van der Waals surface area contributed by atoms with Gasteiger partial charge in [0.2, 0.25) is 0 Å². The second kappa shape index (κ2) is 5.14. The Balaban J connectivity index is 2.11. The van der Waals surface area contributed by atoms with E-state index in [1.54, 1.807) is 4.90 Å². The molecule has 0 radical (unpaired) electrons. The fourth-order valence-corrected chi connectivity index (χ4v) is 3.26. The molecular formula is C15H25NO3.